The SMILES string of the molecule is CC(O)C(NS(=O)(=O)Cc1ccc(F)cc1)C(=O)O. The Labute approximate surface area is 109 Å². The van der Waals surface area contributed by atoms with Crippen molar-refractivity contribution in [3.63, 3.8) is 0 Å². The van der Waals surface area contributed by atoms with Crippen LogP contribution in [0.15, 0.2) is 24.3 Å². The van der Waals surface area contributed by atoms with Crippen LogP contribution in [0.3, 0.4) is 0 Å². The summed E-state index contributed by atoms with van der Waals surface area (Å²) < 4.78 is 38.0. The number of nitrogens with one attached hydrogen (secondary N) is 1. The highest BCUT2D eigenvalue weighted by Crippen LogP contribution is 2.08. The molecule has 3 N–H and O–H groups in total. The van der Waals surface area contributed by atoms with Gasteiger partial charge in [0.2, 0.25) is 10.0 Å². The molecule has 0 aliphatic carbocycles. The summed E-state index contributed by atoms with van der Waals surface area (Å²) in [5.74, 6) is -2.47. The van der Waals surface area contributed by atoms with Crippen molar-refractivity contribution in [1.29, 1.82) is 0 Å². The van der Waals surface area contributed by atoms with Crippen LogP contribution in [-0.2, 0) is 20.6 Å². The van der Waals surface area contributed by atoms with Gasteiger partial charge >= 0.3 is 5.97 Å². The Balaban J connectivity index is 2.81. The van der Waals surface area contributed by atoms with E-state index in [-0.39, 0.29) is 0 Å². The molecule has 8 heteroatoms. The second-order valence-corrected chi connectivity index (χ2v) is 5.81. The molecule has 2 atom stereocenters. The maximum atomic E-state index is 12.7. The molecule has 1 aromatic carbocycles. The molecule has 0 heterocycles. The number of hydrogen-bond acceptors (Lipinski definition) is 4. The van der Waals surface area contributed by atoms with Crippen LogP contribution in [0, 0.1) is 5.82 Å². The molecule has 2 unspecified atom stereocenters. The molecular weight excluding hydrogens is 277 g/mol. The molecule has 1 aromatic rings. The monoisotopic (exact) mass is 291 g/mol. The highest BCUT2D eigenvalue weighted by atomic mass is 32.2. The molecule has 0 aliphatic rings. The van der Waals surface area contributed by atoms with E-state index in [1.54, 1.807) is 0 Å². The number of hydrogen-bond donors (Lipinski definition) is 3. The zero-order chi connectivity index (χ0) is 14.6. The molecule has 0 bridgehead atoms. The van der Waals surface area contributed by atoms with Crippen molar-refractivity contribution in [2.75, 3.05) is 0 Å². The van der Waals surface area contributed by atoms with Crippen molar-refractivity contribution in [2.24, 2.45) is 0 Å². The highest BCUT2D eigenvalue weighted by Gasteiger charge is 2.28. The first-order valence-corrected chi connectivity index (χ1v) is 7.02. The number of halogens is 1. The fraction of sp³-hybridized carbons (Fsp3) is 0.364. The normalized spacial score (nSPS) is 14.9. The zero-order valence-electron chi connectivity index (χ0n) is 10.1. The molecule has 0 aliphatic heterocycles. The summed E-state index contributed by atoms with van der Waals surface area (Å²) in [7, 11) is -3.95. The van der Waals surface area contributed by atoms with Gasteiger partial charge in [0.25, 0.3) is 0 Å². The van der Waals surface area contributed by atoms with E-state index in [0.717, 1.165) is 12.1 Å². The van der Waals surface area contributed by atoms with Gasteiger partial charge in [-0.2, -0.15) is 4.72 Å². The standard InChI is InChI=1S/C11H14FNO5S/c1-7(14)10(11(15)16)13-19(17,18)6-8-2-4-9(12)5-3-8/h2-5,7,10,13-14H,6H2,1H3,(H,15,16). The third-order valence-corrected chi connectivity index (χ3v) is 3.65. The van der Waals surface area contributed by atoms with Gasteiger partial charge in [-0.05, 0) is 24.6 Å². The van der Waals surface area contributed by atoms with Crippen molar-refractivity contribution in [1.82, 2.24) is 4.72 Å². The smallest absolute Gasteiger partial charge is 0.324 e. The van der Waals surface area contributed by atoms with Crippen LogP contribution < -0.4 is 4.72 Å². The average Bonchev–Trinajstić information content (AvgIpc) is 2.28. The second-order valence-electron chi connectivity index (χ2n) is 4.06. The number of aliphatic hydroxyl groups is 1. The van der Waals surface area contributed by atoms with Gasteiger partial charge in [-0.3, -0.25) is 4.79 Å². The van der Waals surface area contributed by atoms with Gasteiger partial charge in [-0.1, -0.05) is 12.1 Å². The third kappa shape index (κ3) is 4.93. The Morgan fingerprint density at radius 1 is 1.37 bits per heavy atom. The van der Waals surface area contributed by atoms with Gasteiger partial charge in [0, 0.05) is 0 Å². The van der Waals surface area contributed by atoms with E-state index in [9.17, 15) is 22.7 Å². The summed E-state index contributed by atoms with van der Waals surface area (Å²) in [5, 5.41) is 18.0. The molecule has 0 radical (unpaired) electrons. The summed E-state index contributed by atoms with van der Waals surface area (Å²) >= 11 is 0. The fourth-order valence-corrected chi connectivity index (χ4v) is 2.79. The van der Waals surface area contributed by atoms with Crippen molar-refractivity contribution < 1.29 is 27.8 Å². The van der Waals surface area contributed by atoms with Crippen molar-refractivity contribution >= 4 is 16.0 Å². The first kappa shape index (κ1) is 15.5. The maximum Gasteiger partial charge on any atom is 0.324 e. The van der Waals surface area contributed by atoms with Gasteiger partial charge in [0.15, 0.2) is 0 Å². The van der Waals surface area contributed by atoms with E-state index in [4.69, 9.17) is 5.11 Å². The van der Waals surface area contributed by atoms with E-state index in [0.29, 0.717) is 5.56 Å². The molecule has 0 saturated heterocycles. The summed E-state index contributed by atoms with van der Waals surface area (Å²) in [6.07, 6.45) is -1.37. The van der Waals surface area contributed by atoms with Gasteiger partial charge in [0.05, 0.1) is 11.9 Å². The molecule has 0 aromatic heterocycles. The number of carboxylic acids is 1. The lowest BCUT2D eigenvalue weighted by atomic mass is 10.2. The molecule has 0 fully saturated rings. The first-order valence-electron chi connectivity index (χ1n) is 5.36. The molecule has 19 heavy (non-hydrogen) atoms. The summed E-state index contributed by atoms with van der Waals surface area (Å²) in [6.45, 7) is 1.17. The van der Waals surface area contributed by atoms with Crippen LogP contribution in [0.1, 0.15) is 12.5 Å². The van der Waals surface area contributed by atoms with E-state index < -0.39 is 39.7 Å². The number of sulfonamides is 1. The number of aliphatic hydroxyl groups excluding tert-OH is 1. The number of aliphatic carboxylic acids is 1. The Morgan fingerprint density at radius 3 is 2.32 bits per heavy atom. The van der Waals surface area contributed by atoms with Crippen molar-refractivity contribution in [3.05, 3.63) is 35.6 Å². The Bertz CT molecular complexity index is 541. The van der Waals surface area contributed by atoms with Crippen LogP contribution in [0.4, 0.5) is 4.39 Å². The summed E-state index contributed by atoms with van der Waals surface area (Å²) in [5.41, 5.74) is 0.309. The van der Waals surface area contributed by atoms with Gasteiger partial charge in [0.1, 0.15) is 11.9 Å². The fourth-order valence-electron chi connectivity index (χ4n) is 1.39. The molecule has 6 nitrogen and oxygen atoms in total. The van der Waals surface area contributed by atoms with E-state index in [1.165, 1.54) is 19.1 Å². The lowest BCUT2D eigenvalue weighted by Gasteiger charge is -2.17. The molecule has 0 amide bonds. The largest absolute Gasteiger partial charge is 0.480 e. The van der Waals surface area contributed by atoms with Crippen LogP contribution >= 0.6 is 0 Å². The van der Waals surface area contributed by atoms with Crippen LogP contribution in [0.25, 0.3) is 0 Å². The topological polar surface area (TPSA) is 104 Å². The Hall–Kier alpha value is -1.51. The zero-order valence-corrected chi connectivity index (χ0v) is 10.9. The van der Waals surface area contributed by atoms with E-state index in [2.05, 4.69) is 0 Å². The Kier molecular flexibility index (Phi) is 4.98. The van der Waals surface area contributed by atoms with Gasteiger partial charge in [-0.25, -0.2) is 12.8 Å². The molecular formula is C11H14FNO5S. The molecule has 0 saturated carbocycles. The summed E-state index contributed by atoms with van der Waals surface area (Å²) in [4.78, 5) is 10.8. The lowest BCUT2D eigenvalue weighted by Crippen LogP contribution is -2.47. The van der Waals surface area contributed by atoms with Crippen molar-refractivity contribution in [2.45, 2.75) is 24.8 Å². The molecule has 0 spiro atoms. The quantitative estimate of drug-likeness (QED) is 0.688. The number of rotatable bonds is 6. The lowest BCUT2D eigenvalue weighted by molar-refractivity contribution is -0.141. The number of carbonyl (C=O) groups is 1. The average molecular weight is 291 g/mol. The van der Waals surface area contributed by atoms with Crippen LogP contribution in [0.2, 0.25) is 0 Å². The molecule has 106 valence electrons. The minimum Gasteiger partial charge on any atom is -0.480 e. The van der Waals surface area contributed by atoms with Crippen molar-refractivity contribution in [3.8, 4) is 0 Å². The molecule has 1 rings (SSSR count). The third-order valence-electron chi connectivity index (χ3n) is 2.32. The van der Waals surface area contributed by atoms with Crippen LogP contribution in [0.5, 0.6) is 0 Å². The number of carboxylic acid groups (broad SMARTS) is 1. The van der Waals surface area contributed by atoms with Gasteiger partial charge in [-0.15, -0.1) is 0 Å². The van der Waals surface area contributed by atoms with Gasteiger partial charge < -0.3 is 10.2 Å². The number of benzene rings is 1. The first-order chi connectivity index (χ1) is 8.71. The Morgan fingerprint density at radius 2 is 1.89 bits per heavy atom. The second kappa shape index (κ2) is 6.09. The summed E-state index contributed by atoms with van der Waals surface area (Å²) in [6, 6.07) is 3.16. The minimum absolute atomic E-state index is 0.309. The predicted molar refractivity (Wildman–Crippen MR) is 65.3 cm³/mol. The minimum atomic E-state index is -3.95. The van der Waals surface area contributed by atoms with E-state index in [1.807, 2.05) is 4.72 Å². The maximum absolute atomic E-state index is 12.7. The van der Waals surface area contributed by atoms with E-state index >= 15 is 0 Å². The van der Waals surface area contributed by atoms with Crippen LogP contribution in [-0.4, -0.2) is 36.7 Å². The highest BCUT2D eigenvalue weighted by molar-refractivity contribution is 7.88. The predicted octanol–water partition coefficient (Wildman–Crippen LogP) is 0.0791.